The molecule has 180 valence electrons. The second-order valence-electron chi connectivity index (χ2n) is 6.73. The van der Waals surface area contributed by atoms with Gasteiger partial charge in [0, 0.05) is 5.56 Å². The number of hydrogen-bond donors (Lipinski definition) is 3. The predicted octanol–water partition coefficient (Wildman–Crippen LogP) is 3.57. The second-order valence-corrected chi connectivity index (χ2v) is 6.73. The van der Waals surface area contributed by atoms with E-state index in [0.717, 1.165) is 0 Å². The fourth-order valence-electron chi connectivity index (χ4n) is 2.63. The number of benzene rings is 2. The number of nitrogen functional groups attached to an aromatic ring is 1. The number of hydrogen-bond acceptors (Lipinski definition) is 10. The van der Waals surface area contributed by atoms with Crippen molar-refractivity contribution in [2.45, 2.75) is 0 Å². The van der Waals surface area contributed by atoms with Crippen LogP contribution in [0.25, 0.3) is 0 Å². The van der Waals surface area contributed by atoms with Crippen LogP contribution >= 0.6 is 0 Å². The molecule has 0 aliphatic rings. The van der Waals surface area contributed by atoms with Crippen molar-refractivity contribution >= 4 is 41.0 Å². The van der Waals surface area contributed by atoms with E-state index in [9.17, 15) is 14.4 Å². The van der Waals surface area contributed by atoms with Crippen LogP contribution in [0.3, 0.4) is 0 Å². The number of ether oxygens (including phenoxy) is 3. The van der Waals surface area contributed by atoms with E-state index in [4.69, 9.17) is 10.5 Å². The van der Waals surface area contributed by atoms with Gasteiger partial charge in [0.25, 0.3) is 5.91 Å². The molecular formula is C23H22N6O6. The van der Waals surface area contributed by atoms with Crippen LogP contribution in [0.15, 0.2) is 77.0 Å². The average Bonchev–Trinajstić information content (AvgIpc) is 2.88. The maximum atomic E-state index is 12.1. The maximum Gasteiger partial charge on any atom is 0.510 e. The van der Waals surface area contributed by atoms with Crippen LogP contribution in [-0.4, -0.2) is 43.4 Å². The number of para-hydroxylation sites is 1. The number of rotatable bonds is 9. The van der Waals surface area contributed by atoms with Crippen molar-refractivity contribution in [3.05, 3.63) is 72.3 Å². The van der Waals surface area contributed by atoms with Crippen molar-refractivity contribution in [2.24, 2.45) is 10.2 Å². The monoisotopic (exact) mass is 478 g/mol. The Morgan fingerprint density at radius 1 is 0.943 bits per heavy atom. The van der Waals surface area contributed by atoms with Gasteiger partial charge in [0.2, 0.25) is 12.7 Å². The lowest BCUT2D eigenvalue weighted by Gasteiger charge is -2.08. The first-order chi connectivity index (χ1) is 17.0. The number of methoxy groups -OCH3 is 1. The van der Waals surface area contributed by atoms with Crippen molar-refractivity contribution in [3.63, 3.8) is 0 Å². The molecule has 2 amide bonds. The fourth-order valence-corrected chi connectivity index (χ4v) is 2.63. The van der Waals surface area contributed by atoms with Crippen molar-refractivity contribution < 1.29 is 28.6 Å². The van der Waals surface area contributed by atoms with E-state index in [2.05, 4.69) is 35.3 Å². The third-order valence-electron chi connectivity index (χ3n) is 4.30. The molecule has 0 saturated carbocycles. The van der Waals surface area contributed by atoms with Crippen LogP contribution in [0, 0.1) is 0 Å². The molecule has 3 aromatic rings. The van der Waals surface area contributed by atoms with E-state index in [1.54, 1.807) is 54.6 Å². The largest absolute Gasteiger partial charge is 0.510 e. The zero-order valence-corrected chi connectivity index (χ0v) is 18.6. The number of pyridine rings is 1. The summed E-state index contributed by atoms with van der Waals surface area (Å²) < 4.78 is 14.4. The molecule has 0 aliphatic carbocycles. The van der Waals surface area contributed by atoms with Gasteiger partial charge < -0.3 is 30.6 Å². The number of nitrogens with zero attached hydrogens (tertiary/aromatic N) is 3. The van der Waals surface area contributed by atoms with E-state index in [1.807, 2.05) is 0 Å². The van der Waals surface area contributed by atoms with Crippen LogP contribution in [0.5, 0.6) is 5.75 Å². The molecule has 12 nitrogen and oxygen atoms in total. The Kier molecular flexibility index (Phi) is 8.66. The number of aromatic nitrogens is 1. The van der Waals surface area contributed by atoms with Crippen LogP contribution in [0.2, 0.25) is 0 Å². The number of carbonyl (C=O) groups excluding carboxylic acids is 3. The van der Waals surface area contributed by atoms with E-state index < -0.39 is 12.1 Å². The Balaban J connectivity index is 1.57. The van der Waals surface area contributed by atoms with Gasteiger partial charge in [-0.3, -0.25) is 9.59 Å². The lowest BCUT2D eigenvalue weighted by Crippen LogP contribution is -2.33. The van der Waals surface area contributed by atoms with E-state index in [1.165, 1.54) is 19.2 Å². The number of anilines is 2. The lowest BCUT2D eigenvalue weighted by atomic mass is 10.2. The zero-order chi connectivity index (χ0) is 25.0. The van der Waals surface area contributed by atoms with Crippen LogP contribution in [0.1, 0.15) is 10.4 Å². The van der Waals surface area contributed by atoms with Gasteiger partial charge in [-0.2, -0.15) is 0 Å². The molecule has 0 atom stereocenters. The molecule has 0 unspecified atom stereocenters. The average molecular weight is 478 g/mol. The van der Waals surface area contributed by atoms with Gasteiger partial charge in [0.15, 0.2) is 11.6 Å². The van der Waals surface area contributed by atoms with Gasteiger partial charge in [0.1, 0.15) is 17.2 Å². The van der Waals surface area contributed by atoms with Crippen LogP contribution < -0.4 is 21.1 Å². The van der Waals surface area contributed by atoms with Crippen LogP contribution in [-0.2, 0) is 14.3 Å². The minimum atomic E-state index is -0.881. The highest BCUT2D eigenvalue weighted by molar-refractivity contribution is 5.99. The predicted molar refractivity (Wildman–Crippen MR) is 126 cm³/mol. The Bertz CT molecular complexity index is 1220. The normalized spacial score (nSPS) is 10.4. The molecule has 12 heteroatoms. The number of carbonyl (C=O) groups is 3. The van der Waals surface area contributed by atoms with Gasteiger partial charge in [-0.1, -0.05) is 30.3 Å². The van der Waals surface area contributed by atoms with Gasteiger partial charge in [0.05, 0.1) is 13.7 Å². The van der Waals surface area contributed by atoms with Crippen molar-refractivity contribution in [3.8, 4) is 5.75 Å². The molecule has 35 heavy (non-hydrogen) atoms. The fraction of sp³-hybridized carbons (Fsp3) is 0.130. The summed E-state index contributed by atoms with van der Waals surface area (Å²) in [6.07, 6.45) is -0.881. The van der Waals surface area contributed by atoms with Gasteiger partial charge in [-0.25, -0.2) is 9.78 Å². The van der Waals surface area contributed by atoms with E-state index >= 15 is 0 Å². The zero-order valence-electron chi connectivity index (χ0n) is 18.6. The van der Waals surface area contributed by atoms with Crippen LogP contribution in [0.4, 0.5) is 27.8 Å². The molecule has 1 aromatic heterocycles. The Morgan fingerprint density at radius 3 is 2.40 bits per heavy atom. The summed E-state index contributed by atoms with van der Waals surface area (Å²) in [6.45, 7) is -0.615. The minimum Gasteiger partial charge on any atom is -0.455 e. The molecule has 0 bridgehead atoms. The molecule has 4 N–H and O–H groups in total. The quantitative estimate of drug-likeness (QED) is 0.238. The molecule has 0 fully saturated rings. The molecule has 1 heterocycles. The summed E-state index contributed by atoms with van der Waals surface area (Å²) in [5.74, 6) is -0.328. The number of azo groups is 1. The SMILES string of the molecule is COC(=O)OCOc1ccccc1/N=N/c1ccc(NC(=O)CNC(=O)c2ccccc2)nc1N. The molecule has 2 aromatic carbocycles. The lowest BCUT2D eigenvalue weighted by molar-refractivity contribution is -0.115. The van der Waals surface area contributed by atoms with E-state index in [0.29, 0.717) is 17.0 Å². The van der Waals surface area contributed by atoms with Crippen molar-refractivity contribution in [1.29, 1.82) is 0 Å². The van der Waals surface area contributed by atoms with Gasteiger partial charge >= 0.3 is 6.16 Å². The molecular weight excluding hydrogens is 456 g/mol. The first-order valence-electron chi connectivity index (χ1n) is 10.2. The van der Waals surface area contributed by atoms with E-state index in [-0.39, 0.29) is 36.6 Å². The Hall–Kier alpha value is -5.00. The summed E-state index contributed by atoms with van der Waals surface area (Å²) in [6, 6.07) is 18.2. The Morgan fingerprint density at radius 2 is 1.66 bits per heavy atom. The smallest absolute Gasteiger partial charge is 0.455 e. The van der Waals surface area contributed by atoms with Gasteiger partial charge in [-0.05, 0) is 36.4 Å². The summed E-state index contributed by atoms with van der Waals surface area (Å²) in [4.78, 5) is 39.3. The number of nitrogens with one attached hydrogen (secondary N) is 2. The second kappa shape index (κ2) is 12.3. The molecule has 0 spiro atoms. The minimum absolute atomic E-state index is 0.0206. The number of nitrogens with two attached hydrogens (primary N) is 1. The highest BCUT2D eigenvalue weighted by Crippen LogP contribution is 2.30. The first kappa shape index (κ1) is 24.6. The Labute approximate surface area is 200 Å². The first-order valence-corrected chi connectivity index (χ1v) is 10.2. The third-order valence-corrected chi connectivity index (χ3v) is 4.30. The number of amides is 2. The highest BCUT2D eigenvalue weighted by Gasteiger charge is 2.10. The van der Waals surface area contributed by atoms with Gasteiger partial charge in [-0.15, -0.1) is 10.2 Å². The summed E-state index contributed by atoms with van der Waals surface area (Å²) in [5, 5.41) is 13.2. The topological polar surface area (TPSA) is 167 Å². The summed E-state index contributed by atoms with van der Waals surface area (Å²) in [7, 11) is 1.18. The molecule has 0 aliphatic heterocycles. The molecule has 0 saturated heterocycles. The van der Waals surface area contributed by atoms with Crippen molar-refractivity contribution in [1.82, 2.24) is 10.3 Å². The molecule has 0 radical (unpaired) electrons. The highest BCUT2D eigenvalue weighted by atomic mass is 16.8. The standard InChI is InChI=1S/C23H22N6O6/c1-33-23(32)35-14-34-18-10-6-5-9-16(18)28-29-17-11-12-19(27-21(17)24)26-20(30)13-25-22(31)15-7-3-2-4-8-15/h2-12H,13-14H2,1H3,(H,25,31)(H3,24,26,27,30)/b29-28+. The molecule has 3 rings (SSSR count). The van der Waals surface area contributed by atoms with Crippen molar-refractivity contribution in [2.75, 3.05) is 31.5 Å². The third kappa shape index (κ3) is 7.53. The summed E-state index contributed by atoms with van der Waals surface area (Å²) >= 11 is 0. The maximum absolute atomic E-state index is 12.1. The summed E-state index contributed by atoms with van der Waals surface area (Å²) in [5.41, 5.74) is 6.99.